The van der Waals surface area contributed by atoms with Crippen molar-refractivity contribution < 1.29 is 4.79 Å². The van der Waals surface area contributed by atoms with Gasteiger partial charge in [-0.1, -0.05) is 51.7 Å². The van der Waals surface area contributed by atoms with E-state index in [0.29, 0.717) is 12.8 Å². The van der Waals surface area contributed by atoms with Crippen molar-refractivity contribution in [1.29, 1.82) is 0 Å². The van der Waals surface area contributed by atoms with Crippen molar-refractivity contribution >= 4 is 5.78 Å². The van der Waals surface area contributed by atoms with E-state index in [9.17, 15) is 4.79 Å². The van der Waals surface area contributed by atoms with Gasteiger partial charge in [0.1, 0.15) is 5.78 Å². The van der Waals surface area contributed by atoms with Gasteiger partial charge in [0.15, 0.2) is 0 Å². The molecule has 1 heteroatoms. The molecule has 0 heterocycles. The van der Waals surface area contributed by atoms with E-state index < -0.39 is 0 Å². The van der Waals surface area contributed by atoms with Crippen LogP contribution in [0.5, 0.6) is 0 Å². The Kier molecular flexibility index (Phi) is 10.9. The van der Waals surface area contributed by atoms with Gasteiger partial charge in [-0.25, -0.2) is 0 Å². The van der Waals surface area contributed by atoms with Gasteiger partial charge in [-0.15, -0.1) is 0 Å². The molecule has 0 aromatic rings. The largest absolute Gasteiger partial charge is 0.299 e. The van der Waals surface area contributed by atoms with Gasteiger partial charge >= 0.3 is 0 Å². The second-order valence-corrected chi connectivity index (χ2v) is 2.78. The van der Waals surface area contributed by atoms with Crippen LogP contribution in [-0.4, -0.2) is 5.78 Å². The molecule has 0 unspecified atom stereocenters. The van der Waals surface area contributed by atoms with E-state index in [4.69, 9.17) is 0 Å². The van der Waals surface area contributed by atoms with Gasteiger partial charge in [0.05, 0.1) is 0 Å². The average molecular weight is 194 g/mol. The number of hydrogen-bond donors (Lipinski definition) is 0. The Balaban J connectivity index is 0. The maximum absolute atomic E-state index is 11.1. The normalized spacial score (nSPS) is 9.86. The fourth-order valence-electron chi connectivity index (χ4n) is 0.832. The van der Waals surface area contributed by atoms with Crippen LogP contribution in [0.25, 0.3) is 0 Å². The van der Waals surface area contributed by atoms with Crippen molar-refractivity contribution in [2.45, 2.75) is 40.5 Å². The lowest BCUT2D eigenvalue weighted by molar-refractivity contribution is -0.118. The van der Waals surface area contributed by atoms with Crippen LogP contribution >= 0.6 is 0 Å². The van der Waals surface area contributed by atoms with E-state index in [2.05, 4.69) is 13.2 Å². The van der Waals surface area contributed by atoms with Gasteiger partial charge in [0, 0.05) is 12.8 Å². The number of carbonyl (C=O) groups is 1. The van der Waals surface area contributed by atoms with Crippen LogP contribution in [0.15, 0.2) is 36.5 Å². The molecule has 0 saturated heterocycles. The van der Waals surface area contributed by atoms with E-state index in [1.54, 1.807) is 6.08 Å². The fourth-order valence-corrected chi connectivity index (χ4v) is 0.832. The molecule has 0 aromatic carbocycles. The third kappa shape index (κ3) is 7.53. The molecule has 0 N–H and O–H groups in total. The van der Waals surface area contributed by atoms with Crippen LogP contribution in [0.3, 0.4) is 0 Å². The standard InChI is InChI=1S/C11H16O.C2H6/c1-5-7-10(9(3)4)8-11(12)6-2;1-2/h5,7H,1,3,6,8H2,2,4H3;1-2H3/b10-7-;. The first-order valence-electron chi connectivity index (χ1n) is 5.11. The summed E-state index contributed by atoms with van der Waals surface area (Å²) in [4.78, 5) is 11.1. The van der Waals surface area contributed by atoms with Crippen LogP contribution in [0, 0.1) is 0 Å². The van der Waals surface area contributed by atoms with Crippen LogP contribution in [0.2, 0.25) is 0 Å². The summed E-state index contributed by atoms with van der Waals surface area (Å²) in [6, 6.07) is 0. The van der Waals surface area contributed by atoms with E-state index in [1.165, 1.54) is 0 Å². The Bertz CT molecular complexity index is 221. The zero-order valence-electron chi connectivity index (χ0n) is 9.89. The van der Waals surface area contributed by atoms with Crippen molar-refractivity contribution in [1.82, 2.24) is 0 Å². The molecule has 0 spiro atoms. The molecule has 0 rings (SSSR count). The van der Waals surface area contributed by atoms with Crippen LogP contribution in [0.1, 0.15) is 40.5 Å². The van der Waals surface area contributed by atoms with Crippen molar-refractivity contribution in [3.63, 3.8) is 0 Å². The van der Waals surface area contributed by atoms with E-state index in [-0.39, 0.29) is 5.78 Å². The van der Waals surface area contributed by atoms with Gasteiger partial charge in [0.25, 0.3) is 0 Å². The van der Waals surface area contributed by atoms with E-state index >= 15 is 0 Å². The summed E-state index contributed by atoms with van der Waals surface area (Å²) in [5.41, 5.74) is 1.92. The highest BCUT2D eigenvalue weighted by Gasteiger charge is 2.03. The number of carbonyl (C=O) groups excluding carboxylic acids is 1. The first-order valence-corrected chi connectivity index (χ1v) is 5.11. The smallest absolute Gasteiger partial charge is 0.137 e. The highest BCUT2D eigenvalue weighted by Crippen LogP contribution is 2.12. The molecule has 0 aromatic heterocycles. The lowest BCUT2D eigenvalue weighted by atomic mass is 10.0. The summed E-state index contributed by atoms with van der Waals surface area (Å²) in [6.45, 7) is 15.1. The molecule has 0 aliphatic carbocycles. The molecule has 0 amide bonds. The second kappa shape index (κ2) is 9.97. The van der Waals surface area contributed by atoms with Crippen molar-refractivity contribution in [2.24, 2.45) is 0 Å². The van der Waals surface area contributed by atoms with Gasteiger partial charge in [0.2, 0.25) is 0 Å². The summed E-state index contributed by atoms with van der Waals surface area (Å²) in [7, 11) is 0. The quantitative estimate of drug-likeness (QED) is 0.603. The second-order valence-electron chi connectivity index (χ2n) is 2.78. The molecule has 0 saturated carbocycles. The molecule has 0 atom stereocenters. The van der Waals surface area contributed by atoms with Gasteiger partial charge in [-0.2, -0.15) is 0 Å². The molecule has 14 heavy (non-hydrogen) atoms. The third-order valence-corrected chi connectivity index (χ3v) is 1.65. The number of rotatable bonds is 5. The first kappa shape index (κ1) is 15.4. The predicted molar refractivity (Wildman–Crippen MR) is 64.4 cm³/mol. The van der Waals surface area contributed by atoms with Gasteiger partial charge in [-0.3, -0.25) is 4.79 Å². The maximum atomic E-state index is 11.1. The highest BCUT2D eigenvalue weighted by atomic mass is 16.1. The fraction of sp³-hybridized carbons (Fsp3) is 0.462. The Morgan fingerprint density at radius 3 is 2.14 bits per heavy atom. The minimum Gasteiger partial charge on any atom is -0.299 e. The Hall–Kier alpha value is -1.11. The lowest BCUT2D eigenvalue weighted by Crippen LogP contribution is -1.97. The molecule has 0 bridgehead atoms. The van der Waals surface area contributed by atoms with Gasteiger partial charge < -0.3 is 0 Å². The molecule has 80 valence electrons. The lowest BCUT2D eigenvalue weighted by Gasteiger charge is -2.03. The predicted octanol–water partition coefficient (Wildman–Crippen LogP) is 4.07. The summed E-state index contributed by atoms with van der Waals surface area (Å²) >= 11 is 0. The molecular formula is C13H22O. The molecule has 0 fully saturated rings. The Morgan fingerprint density at radius 1 is 1.36 bits per heavy atom. The monoisotopic (exact) mass is 194 g/mol. The van der Waals surface area contributed by atoms with E-state index in [0.717, 1.165) is 11.1 Å². The number of allylic oxidation sites excluding steroid dienone is 4. The maximum Gasteiger partial charge on any atom is 0.137 e. The summed E-state index contributed by atoms with van der Waals surface area (Å²) < 4.78 is 0. The van der Waals surface area contributed by atoms with Crippen molar-refractivity contribution in [3.8, 4) is 0 Å². The number of hydrogen-bond acceptors (Lipinski definition) is 1. The molecule has 1 nitrogen and oxygen atoms in total. The molecular weight excluding hydrogens is 172 g/mol. The van der Waals surface area contributed by atoms with Crippen LogP contribution in [0.4, 0.5) is 0 Å². The van der Waals surface area contributed by atoms with Crippen molar-refractivity contribution in [2.75, 3.05) is 0 Å². The average Bonchev–Trinajstić information content (AvgIpc) is 2.19. The first-order chi connectivity index (χ1) is 6.61. The minimum absolute atomic E-state index is 0.242. The van der Waals surface area contributed by atoms with Crippen LogP contribution < -0.4 is 0 Å². The number of Topliss-reactive ketones (excluding diaryl/α,β-unsaturated/α-hetero) is 1. The zero-order valence-corrected chi connectivity index (χ0v) is 9.89. The highest BCUT2D eigenvalue weighted by molar-refractivity contribution is 5.81. The minimum atomic E-state index is 0.242. The van der Waals surface area contributed by atoms with E-state index in [1.807, 2.05) is 33.8 Å². The zero-order chi connectivity index (χ0) is 11.6. The van der Waals surface area contributed by atoms with Gasteiger partial charge in [-0.05, 0) is 12.5 Å². The SMILES string of the molecule is C=C/C=C(/CC(=O)CC)C(=C)C.CC. The molecule has 0 aliphatic rings. The molecule has 0 radical (unpaired) electrons. The Labute approximate surface area is 88.2 Å². The topological polar surface area (TPSA) is 17.1 Å². The van der Waals surface area contributed by atoms with Crippen LogP contribution in [-0.2, 0) is 4.79 Å². The number of ketones is 1. The summed E-state index contributed by atoms with van der Waals surface area (Å²) in [6.07, 6.45) is 4.60. The van der Waals surface area contributed by atoms with Crippen molar-refractivity contribution in [3.05, 3.63) is 36.5 Å². The third-order valence-electron chi connectivity index (χ3n) is 1.65. The summed E-state index contributed by atoms with van der Waals surface area (Å²) in [5.74, 6) is 0.242. The molecule has 0 aliphatic heterocycles. The summed E-state index contributed by atoms with van der Waals surface area (Å²) in [5, 5.41) is 0. The Morgan fingerprint density at radius 2 is 1.86 bits per heavy atom.